The largest absolute Gasteiger partial charge is 0.359 e. The van der Waals surface area contributed by atoms with Crippen LogP contribution in [0.25, 0.3) is 0 Å². The van der Waals surface area contributed by atoms with Gasteiger partial charge in [0.25, 0.3) is 0 Å². The second-order valence-corrected chi connectivity index (χ2v) is 5.47. The van der Waals surface area contributed by atoms with Crippen molar-refractivity contribution in [2.24, 2.45) is 0 Å². The normalized spacial score (nSPS) is 14.2. The number of fused-ring (bicyclic) bond motifs is 1. The Morgan fingerprint density at radius 2 is 2.15 bits per heavy atom. The van der Waals surface area contributed by atoms with Crippen LogP contribution in [0.1, 0.15) is 22.6 Å². The Morgan fingerprint density at radius 3 is 2.90 bits per heavy atom. The molecule has 1 aliphatic rings. The van der Waals surface area contributed by atoms with E-state index in [4.69, 9.17) is 16.1 Å². The summed E-state index contributed by atoms with van der Waals surface area (Å²) in [5, 5.41) is 4.64. The van der Waals surface area contributed by atoms with Gasteiger partial charge >= 0.3 is 0 Å². The Labute approximate surface area is 122 Å². The summed E-state index contributed by atoms with van der Waals surface area (Å²) in [6.07, 6.45) is 1.21. The van der Waals surface area contributed by atoms with Crippen LogP contribution in [0.15, 0.2) is 28.8 Å². The standard InChI is InChI=1S/C15H15ClN2O2/c1-10-13-6-7-18(9-14(13)20-17-10)15(19)8-11-2-4-12(16)5-3-11/h2-5H,6-9H2,1H3. The number of hydrogen-bond acceptors (Lipinski definition) is 3. The third-order valence-electron chi connectivity index (χ3n) is 3.65. The molecule has 1 amide bonds. The summed E-state index contributed by atoms with van der Waals surface area (Å²) in [5.74, 6) is 0.922. The smallest absolute Gasteiger partial charge is 0.227 e. The van der Waals surface area contributed by atoms with Gasteiger partial charge in [0.1, 0.15) is 0 Å². The molecule has 0 fully saturated rings. The maximum atomic E-state index is 12.3. The molecule has 0 aliphatic carbocycles. The van der Waals surface area contributed by atoms with Crippen molar-refractivity contribution in [3.8, 4) is 0 Å². The molecule has 20 heavy (non-hydrogen) atoms. The summed E-state index contributed by atoms with van der Waals surface area (Å²) in [6.45, 7) is 3.18. The molecule has 0 saturated heterocycles. The highest BCUT2D eigenvalue weighted by Crippen LogP contribution is 2.22. The van der Waals surface area contributed by atoms with Gasteiger partial charge < -0.3 is 9.42 Å². The highest BCUT2D eigenvalue weighted by Gasteiger charge is 2.25. The number of hydrogen-bond donors (Lipinski definition) is 0. The Morgan fingerprint density at radius 1 is 1.40 bits per heavy atom. The summed E-state index contributed by atoms with van der Waals surface area (Å²) >= 11 is 5.84. The van der Waals surface area contributed by atoms with E-state index >= 15 is 0 Å². The summed E-state index contributed by atoms with van der Waals surface area (Å²) in [6, 6.07) is 7.37. The summed E-state index contributed by atoms with van der Waals surface area (Å²) in [5.41, 5.74) is 3.06. The van der Waals surface area contributed by atoms with E-state index in [0.29, 0.717) is 18.0 Å². The van der Waals surface area contributed by atoms with Gasteiger partial charge in [-0.05, 0) is 31.0 Å². The molecule has 1 aromatic carbocycles. The minimum absolute atomic E-state index is 0.104. The first-order valence-corrected chi connectivity index (χ1v) is 6.97. The van der Waals surface area contributed by atoms with E-state index in [9.17, 15) is 4.79 Å². The molecule has 0 unspecified atom stereocenters. The van der Waals surface area contributed by atoms with Crippen LogP contribution in [-0.2, 0) is 24.2 Å². The third-order valence-corrected chi connectivity index (χ3v) is 3.91. The van der Waals surface area contributed by atoms with E-state index in [0.717, 1.165) is 35.5 Å². The van der Waals surface area contributed by atoms with Gasteiger partial charge in [-0.2, -0.15) is 0 Å². The van der Waals surface area contributed by atoms with Gasteiger partial charge in [0.2, 0.25) is 5.91 Å². The fraction of sp³-hybridized carbons (Fsp3) is 0.333. The lowest BCUT2D eigenvalue weighted by Gasteiger charge is -2.25. The van der Waals surface area contributed by atoms with Crippen LogP contribution in [0.5, 0.6) is 0 Å². The Kier molecular flexibility index (Phi) is 3.49. The van der Waals surface area contributed by atoms with E-state index in [1.165, 1.54) is 0 Å². The number of rotatable bonds is 2. The molecule has 1 aromatic heterocycles. The van der Waals surface area contributed by atoms with Crippen molar-refractivity contribution in [3.05, 3.63) is 51.9 Å². The first kappa shape index (κ1) is 13.2. The lowest BCUT2D eigenvalue weighted by molar-refractivity contribution is -0.131. The van der Waals surface area contributed by atoms with Crippen LogP contribution in [-0.4, -0.2) is 22.5 Å². The molecule has 2 heterocycles. The van der Waals surface area contributed by atoms with Gasteiger partial charge in [-0.15, -0.1) is 0 Å². The van der Waals surface area contributed by atoms with Crippen molar-refractivity contribution < 1.29 is 9.32 Å². The molecule has 3 rings (SSSR count). The van der Waals surface area contributed by atoms with Gasteiger partial charge in [0.15, 0.2) is 5.76 Å². The van der Waals surface area contributed by atoms with E-state index in [1.807, 2.05) is 24.0 Å². The first-order chi connectivity index (χ1) is 9.63. The molecule has 0 atom stereocenters. The summed E-state index contributed by atoms with van der Waals surface area (Å²) < 4.78 is 5.27. The van der Waals surface area contributed by atoms with Crippen molar-refractivity contribution in [1.29, 1.82) is 0 Å². The van der Waals surface area contributed by atoms with Gasteiger partial charge in [-0.25, -0.2) is 0 Å². The first-order valence-electron chi connectivity index (χ1n) is 6.60. The Balaban J connectivity index is 1.68. The molecule has 0 spiro atoms. The molecule has 0 saturated carbocycles. The van der Waals surface area contributed by atoms with E-state index in [1.54, 1.807) is 12.1 Å². The average molecular weight is 291 g/mol. The molecular formula is C15H15ClN2O2. The second kappa shape index (κ2) is 5.29. The topological polar surface area (TPSA) is 46.3 Å². The summed E-state index contributed by atoms with van der Waals surface area (Å²) in [4.78, 5) is 14.1. The van der Waals surface area contributed by atoms with Gasteiger partial charge in [0, 0.05) is 17.1 Å². The zero-order valence-electron chi connectivity index (χ0n) is 11.2. The van der Waals surface area contributed by atoms with Crippen LogP contribution in [0.4, 0.5) is 0 Å². The molecule has 1 aliphatic heterocycles. The minimum atomic E-state index is 0.104. The van der Waals surface area contributed by atoms with Crippen LogP contribution in [0.2, 0.25) is 5.02 Å². The van der Waals surface area contributed by atoms with Crippen LogP contribution < -0.4 is 0 Å². The Bertz CT molecular complexity index is 634. The van der Waals surface area contributed by atoms with Crippen LogP contribution in [0, 0.1) is 6.92 Å². The van der Waals surface area contributed by atoms with Gasteiger partial charge in [0.05, 0.1) is 18.7 Å². The molecule has 0 N–H and O–H groups in total. The van der Waals surface area contributed by atoms with Crippen LogP contribution in [0.3, 0.4) is 0 Å². The quantitative estimate of drug-likeness (QED) is 0.854. The van der Waals surface area contributed by atoms with E-state index < -0.39 is 0 Å². The number of halogens is 1. The minimum Gasteiger partial charge on any atom is -0.359 e. The van der Waals surface area contributed by atoms with Crippen molar-refractivity contribution in [2.45, 2.75) is 26.3 Å². The lowest BCUT2D eigenvalue weighted by atomic mass is 10.0. The van der Waals surface area contributed by atoms with Gasteiger partial charge in [-0.1, -0.05) is 28.9 Å². The number of aryl methyl sites for hydroxylation is 1. The number of aromatic nitrogens is 1. The second-order valence-electron chi connectivity index (χ2n) is 5.04. The monoisotopic (exact) mass is 290 g/mol. The highest BCUT2D eigenvalue weighted by molar-refractivity contribution is 6.30. The fourth-order valence-electron chi connectivity index (χ4n) is 2.48. The lowest BCUT2D eigenvalue weighted by Crippen LogP contribution is -2.36. The zero-order chi connectivity index (χ0) is 14.1. The number of carbonyl (C=O) groups is 1. The maximum Gasteiger partial charge on any atom is 0.227 e. The fourth-order valence-corrected chi connectivity index (χ4v) is 2.61. The predicted molar refractivity (Wildman–Crippen MR) is 75.5 cm³/mol. The van der Waals surface area contributed by atoms with Crippen LogP contribution >= 0.6 is 11.6 Å². The molecule has 5 heteroatoms. The predicted octanol–water partition coefficient (Wildman–Crippen LogP) is 2.76. The number of carbonyl (C=O) groups excluding carboxylic acids is 1. The number of nitrogens with zero attached hydrogens (tertiary/aromatic N) is 2. The van der Waals surface area contributed by atoms with Gasteiger partial charge in [-0.3, -0.25) is 4.79 Å². The average Bonchev–Trinajstić information content (AvgIpc) is 2.82. The highest BCUT2D eigenvalue weighted by atomic mass is 35.5. The van der Waals surface area contributed by atoms with E-state index in [-0.39, 0.29) is 5.91 Å². The number of benzene rings is 1. The maximum absolute atomic E-state index is 12.3. The van der Waals surface area contributed by atoms with Crippen molar-refractivity contribution in [2.75, 3.05) is 6.54 Å². The molecule has 104 valence electrons. The molecular weight excluding hydrogens is 276 g/mol. The summed E-state index contributed by atoms with van der Waals surface area (Å²) in [7, 11) is 0. The molecule has 4 nitrogen and oxygen atoms in total. The molecule has 0 bridgehead atoms. The zero-order valence-corrected chi connectivity index (χ0v) is 12.0. The molecule has 2 aromatic rings. The number of amides is 1. The van der Waals surface area contributed by atoms with Crippen molar-refractivity contribution >= 4 is 17.5 Å². The SMILES string of the molecule is Cc1noc2c1CCN(C(=O)Cc1ccc(Cl)cc1)C2. The Hall–Kier alpha value is -1.81. The van der Waals surface area contributed by atoms with Crippen molar-refractivity contribution in [1.82, 2.24) is 10.1 Å². The van der Waals surface area contributed by atoms with E-state index in [2.05, 4.69) is 5.16 Å². The molecule has 0 radical (unpaired) electrons. The van der Waals surface area contributed by atoms with Crippen molar-refractivity contribution in [3.63, 3.8) is 0 Å². The third kappa shape index (κ3) is 2.56.